The number of nitrogens with zero attached hydrogens (tertiary/aromatic N) is 1. The van der Waals surface area contributed by atoms with Crippen molar-refractivity contribution < 1.29 is 29.8 Å². The van der Waals surface area contributed by atoms with Gasteiger partial charge in [0.25, 0.3) is 0 Å². The number of quaternary nitrogens is 1. The van der Waals surface area contributed by atoms with Gasteiger partial charge < -0.3 is 25.0 Å². The topological polar surface area (TPSA) is 109 Å². The van der Waals surface area contributed by atoms with Crippen molar-refractivity contribution >= 4 is 11.9 Å². The molecule has 0 rings (SSSR count). The molecule has 0 bridgehead atoms. The van der Waals surface area contributed by atoms with Gasteiger partial charge in [0.05, 0.1) is 40.6 Å². The van der Waals surface area contributed by atoms with E-state index >= 15 is 0 Å². The summed E-state index contributed by atoms with van der Waals surface area (Å²) in [5.41, 5.74) is 0. The minimum Gasteiger partial charge on any atom is -0.550 e. The molecule has 0 aliphatic rings. The maximum absolute atomic E-state index is 9.39. The third-order valence-electron chi connectivity index (χ3n) is 0.296. The Kier molecular flexibility index (Phi) is 10.3. The van der Waals surface area contributed by atoms with Crippen molar-refractivity contribution in [1.82, 2.24) is 0 Å². The number of carboxylic acid groups (broad SMARTS) is 2. The first kappa shape index (κ1) is 17.8. The largest absolute Gasteiger partial charge is 0.550 e. The van der Waals surface area contributed by atoms with Crippen LogP contribution in [0.1, 0.15) is 6.42 Å². The summed E-state index contributed by atoms with van der Waals surface area (Å²) in [5, 5.41) is 17.0. The third kappa shape index (κ3) is 104. The number of carbonyl (C=O) groups is 2. The number of rotatable bonds is 2. The molecule has 0 spiro atoms. The summed E-state index contributed by atoms with van der Waals surface area (Å²) in [6.07, 6.45) is -0.917. The zero-order chi connectivity index (χ0) is 10.4. The van der Waals surface area contributed by atoms with Gasteiger partial charge in [0.2, 0.25) is 0 Å². The summed E-state index contributed by atoms with van der Waals surface area (Å²) in [6.45, 7) is 0. The summed E-state index contributed by atoms with van der Waals surface area (Å²) in [4.78, 5) is 18.7. The number of carbonyl (C=O) groups excluding carboxylic acids is 1. The standard InChI is InChI=1S/C4H12N.C3H4O4.H2O/c1-5(2,3)4;4-2(5)1-3(6)7;/h1-4H3;1H2,(H,4,5)(H,6,7);1H2/q+1;;/p-1. The molecule has 0 saturated heterocycles. The van der Waals surface area contributed by atoms with Crippen LogP contribution in [0.25, 0.3) is 0 Å². The van der Waals surface area contributed by atoms with Crippen molar-refractivity contribution in [3.8, 4) is 0 Å². The maximum atomic E-state index is 9.39. The first-order valence-electron chi connectivity index (χ1n) is 3.33. The Morgan fingerprint density at radius 2 is 1.46 bits per heavy atom. The second-order valence-corrected chi connectivity index (χ2v) is 3.63. The molecule has 0 aromatic carbocycles. The number of carboxylic acids is 2. The molecule has 0 aromatic rings. The van der Waals surface area contributed by atoms with Crippen molar-refractivity contribution in [2.24, 2.45) is 0 Å². The second kappa shape index (κ2) is 7.51. The van der Waals surface area contributed by atoms with Crippen LogP contribution in [0.2, 0.25) is 0 Å². The van der Waals surface area contributed by atoms with Gasteiger partial charge in [-0.05, 0) is 0 Å². The maximum Gasteiger partial charge on any atom is 0.309 e. The fourth-order valence-electron chi connectivity index (χ4n) is 0.123. The van der Waals surface area contributed by atoms with Crippen molar-refractivity contribution in [1.29, 1.82) is 0 Å². The van der Waals surface area contributed by atoms with E-state index in [-0.39, 0.29) is 5.48 Å². The highest BCUT2D eigenvalue weighted by atomic mass is 16.4. The van der Waals surface area contributed by atoms with Crippen LogP contribution in [0.5, 0.6) is 0 Å². The quantitative estimate of drug-likeness (QED) is 0.395. The predicted molar refractivity (Wildman–Crippen MR) is 44.8 cm³/mol. The lowest BCUT2D eigenvalue weighted by Gasteiger charge is -2.14. The zero-order valence-electron chi connectivity index (χ0n) is 8.33. The highest BCUT2D eigenvalue weighted by Gasteiger charge is 1.92. The molecule has 0 aliphatic carbocycles. The Morgan fingerprint density at radius 3 is 1.46 bits per heavy atom. The number of hydrogen-bond donors (Lipinski definition) is 1. The molecule has 0 heterocycles. The fraction of sp³-hybridized carbons (Fsp3) is 0.714. The lowest BCUT2D eigenvalue weighted by atomic mass is 10.5. The van der Waals surface area contributed by atoms with Crippen LogP contribution in [-0.4, -0.2) is 55.2 Å². The predicted octanol–water partition coefficient (Wildman–Crippen LogP) is -2.29. The lowest BCUT2D eigenvalue weighted by molar-refractivity contribution is -0.849. The lowest BCUT2D eigenvalue weighted by Crippen LogP contribution is -2.27. The molecule has 0 aliphatic heterocycles. The van der Waals surface area contributed by atoms with E-state index in [4.69, 9.17) is 5.11 Å². The Morgan fingerprint density at radius 1 is 1.23 bits per heavy atom. The summed E-state index contributed by atoms with van der Waals surface area (Å²) in [7, 11) is 8.50. The highest BCUT2D eigenvalue weighted by Crippen LogP contribution is 1.73. The van der Waals surface area contributed by atoms with Crippen LogP contribution in [0.15, 0.2) is 0 Å². The Balaban J connectivity index is -0.000000150. The minimum atomic E-state index is -1.56. The van der Waals surface area contributed by atoms with Gasteiger partial charge in [-0.1, -0.05) is 0 Å². The zero-order valence-corrected chi connectivity index (χ0v) is 8.33. The van der Waals surface area contributed by atoms with E-state index in [0.717, 1.165) is 4.48 Å². The SMILES string of the molecule is C[N+](C)(C)C.O.O=C([O-])CC(=O)O. The van der Waals surface area contributed by atoms with E-state index in [1.54, 1.807) is 0 Å². The van der Waals surface area contributed by atoms with Gasteiger partial charge in [0.15, 0.2) is 0 Å². The fourth-order valence-corrected chi connectivity index (χ4v) is 0.123. The van der Waals surface area contributed by atoms with Crippen LogP contribution >= 0.6 is 0 Å². The molecule has 3 N–H and O–H groups in total. The van der Waals surface area contributed by atoms with Gasteiger partial charge in [-0.15, -0.1) is 0 Å². The molecule has 80 valence electrons. The number of aliphatic carboxylic acids is 2. The minimum absolute atomic E-state index is 0. The van der Waals surface area contributed by atoms with Gasteiger partial charge in [-0.2, -0.15) is 0 Å². The Bertz CT molecular complexity index is 143. The molecule has 0 unspecified atom stereocenters. The summed E-state index contributed by atoms with van der Waals surface area (Å²) < 4.78 is 1.00. The molecular weight excluding hydrogens is 178 g/mol. The molecule has 0 aromatic heterocycles. The molecule has 0 atom stereocenters. The van der Waals surface area contributed by atoms with Crippen molar-refractivity contribution in [3.63, 3.8) is 0 Å². The number of hydrogen-bond acceptors (Lipinski definition) is 3. The smallest absolute Gasteiger partial charge is 0.309 e. The highest BCUT2D eigenvalue weighted by molar-refractivity contribution is 5.87. The molecule has 0 saturated carbocycles. The van der Waals surface area contributed by atoms with E-state index in [9.17, 15) is 14.7 Å². The monoisotopic (exact) mass is 195 g/mol. The van der Waals surface area contributed by atoms with E-state index in [0.29, 0.717) is 0 Å². The van der Waals surface area contributed by atoms with Gasteiger partial charge in [-0.3, -0.25) is 4.79 Å². The van der Waals surface area contributed by atoms with Crippen molar-refractivity contribution in [2.75, 3.05) is 28.2 Å². The van der Waals surface area contributed by atoms with Crippen LogP contribution in [0, 0.1) is 0 Å². The van der Waals surface area contributed by atoms with E-state index in [1.165, 1.54) is 0 Å². The van der Waals surface area contributed by atoms with Gasteiger partial charge in [0, 0.05) is 0 Å². The molecule has 0 amide bonds. The van der Waals surface area contributed by atoms with Gasteiger partial charge in [0.1, 0.15) is 0 Å². The molecule has 13 heavy (non-hydrogen) atoms. The van der Waals surface area contributed by atoms with E-state index < -0.39 is 18.4 Å². The summed E-state index contributed by atoms with van der Waals surface area (Å²) in [6, 6.07) is 0. The van der Waals surface area contributed by atoms with Gasteiger partial charge in [-0.25, -0.2) is 0 Å². The first-order chi connectivity index (χ1) is 5.13. The summed E-state index contributed by atoms with van der Waals surface area (Å²) >= 11 is 0. The van der Waals surface area contributed by atoms with Crippen LogP contribution in [0.3, 0.4) is 0 Å². The second-order valence-electron chi connectivity index (χ2n) is 3.63. The third-order valence-corrected chi connectivity index (χ3v) is 0.296. The van der Waals surface area contributed by atoms with E-state index in [2.05, 4.69) is 28.2 Å². The van der Waals surface area contributed by atoms with E-state index in [1.807, 2.05) is 0 Å². The summed E-state index contributed by atoms with van der Waals surface area (Å²) in [5.74, 6) is -2.94. The average Bonchev–Trinajstić information content (AvgIpc) is 1.52. The average molecular weight is 195 g/mol. The molecule has 0 radical (unpaired) electrons. The van der Waals surface area contributed by atoms with Gasteiger partial charge >= 0.3 is 5.97 Å². The molecule has 0 fully saturated rings. The molecular formula is C7H17NO5. The van der Waals surface area contributed by atoms with Crippen molar-refractivity contribution in [2.45, 2.75) is 6.42 Å². The Hall–Kier alpha value is -1.14. The van der Waals surface area contributed by atoms with Crippen LogP contribution in [0.4, 0.5) is 0 Å². The van der Waals surface area contributed by atoms with Crippen LogP contribution in [-0.2, 0) is 9.59 Å². The van der Waals surface area contributed by atoms with Crippen molar-refractivity contribution in [3.05, 3.63) is 0 Å². The first-order valence-corrected chi connectivity index (χ1v) is 3.33. The molecule has 6 nitrogen and oxygen atoms in total. The molecule has 6 heteroatoms. The Labute approximate surface area is 77.3 Å². The van der Waals surface area contributed by atoms with Crippen LogP contribution < -0.4 is 5.11 Å². The normalized spacial score (nSPS) is 8.92.